The molecule has 3 unspecified atom stereocenters. The molecule has 0 spiro atoms. The molecule has 2 aliphatic rings. The maximum absolute atomic E-state index is 10.6. The molecule has 2 saturated heterocycles. The molecule has 3 heteroatoms. The maximum atomic E-state index is 10.6. The Morgan fingerprint density at radius 1 is 1.15 bits per heavy atom. The summed E-state index contributed by atoms with van der Waals surface area (Å²) in [5.41, 5.74) is 2.28. The van der Waals surface area contributed by atoms with Crippen molar-refractivity contribution in [3.05, 3.63) is 35.4 Å². The van der Waals surface area contributed by atoms with Crippen LogP contribution in [0.15, 0.2) is 24.3 Å². The van der Waals surface area contributed by atoms with Crippen LogP contribution in [0.4, 0.5) is 0 Å². The third-order valence-corrected chi connectivity index (χ3v) is 5.07. The SMILES string of the molecule is Cc1ccc(C(O)C(C)N2CCN3CCCC3C2)cc1. The second kappa shape index (κ2) is 5.84. The van der Waals surface area contributed by atoms with Gasteiger partial charge in [-0.1, -0.05) is 29.8 Å². The van der Waals surface area contributed by atoms with Gasteiger partial charge in [-0.15, -0.1) is 0 Å². The van der Waals surface area contributed by atoms with Gasteiger partial charge in [0.25, 0.3) is 0 Å². The quantitative estimate of drug-likeness (QED) is 0.915. The fourth-order valence-corrected chi connectivity index (χ4v) is 3.63. The van der Waals surface area contributed by atoms with Gasteiger partial charge in [0.1, 0.15) is 0 Å². The lowest BCUT2D eigenvalue weighted by molar-refractivity contribution is 0.0135. The van der Waals surface area contributed by atoms with Gasteiger partial charge in [-0.25, -0.2) is 0 Å². The lowest BCUT2D eigenvalue weighted by Crippen LogP contribution is -2.53. The van der Waals surface area contributed by atoms with Crippen molar-refractivity contribution in [2.24, 2.45) is 0 Å². The molecule has 2 aliphatic heterocycles. The van der Waals surface area contributed by atoms with Crippen molar-refractivity contribution in [1.29, 1.82) is 0 Å². The van der Waals surface area contributed by atoms with Gasteiger partial charge in [-0.05, 0) is 38.8 Å². The third-order valence-electron chi connectivity index (χ3n) is 5.07. The first-order valence-corrected chi connectivity index (χ1v) is 7.88. The largest absolute Gasteiger partial charge is 0.387 e. The smallest absolute Gasteiger partial charge is 0.0942 e. The zero-order chi connectivity index (χ0) is 14.1. The van der Waals surface area contributed by atoms with Gasteiger partial charge < -0.3 is 5.11 Å². The minimum Gasteiger partial charge on any atom is -0.387 e. The number of piperazine rings is 1. The molecule has 2 heterocycles. The predicted molar refractivity (Wildman–Crippen MR) is 81.8 cm³/mol. The Balaban J connectivity index is 1.65. The summed E-state index contributed by atoms with van der Waals surface area (Å²) in [7, 11) is 0. The lowest BCUT2D eigenvalue weighted by Gasteiger charge is -2.42. The molecule has 1 N–H and O–H groups in total. The zero-order valence-corrected chi connectivity index (χ0v) is 12.6. The molecule has 1 aromatic carbocycles. The topological polar surface area (TPSA) is 26.7 Å². The predicted octanol–water partition coefficient (Wildman–Crippen LogP) is 2.20. The highest BCUT2D eigenvalue weighted by Gasteiger charge is 2.34. The monoisotopic (exact) mass is 274 g/mol. The number of fused-ring (bicyclic) bond motifs is 1. The van der Waals surface area contributed by atoms with Crippen molar-refractivity contribution >= 4 is 0 Å². The summed E-state index contributed by atoms with van der Waals surface area (Å²) >= 11 is 0. The van der Waals surface area contributed by atoms with Gasteiger partial charge in [0.05, 0.1) is 6.10 Å². The Bertz CT molecular complexity index is 445. The summed E-state index contributed by atoms with van der Waals surface area (Å²) in [4.78, 5) is 5.08. The Labute approximate surface area is 122 Å². The highest BCUT2D eigenvalue weighted by molar-refractivity contribution is 5.24. The molecule has 110 valence electrons. The highest BCUT2D eigenvalue weighted by atomic mass is 16.3. The molecule has 0 aliphatic carbocycles. The van der Waals surface area contributed by atoms with Gasteiger partial charge in [-0.2, -0.15) is 0 Å². The van der Waals surface area contributed by atoms with Crippen LogP contribution in [0.3, 0.4) is 0 Å². The third kappa shape index (κ3) is 2.76. The van der Waals surface area contributed by atoms with Crippen LogP contribution >= 0.6 is 0 Å². The number of aryl methyl sites for hydroxylation is 1. The van der Waals surface area contributed by atoms with E-state index in [1.807, 2.05) is 0 Å². The Hall–Kier alpha value is -0.900. The van der Waals surface area contributed by atoms with Gasteiger partial charge >= 0.3 is 0 Å². The fourth-order valence-electron chi connectivity index (χ4n) is 3.63. The minimum absolute atomic E-state index is 0.195. The molecule has 3 nitrogen and oxygen atoms in total. The van der Waals surface area contributed by atoms with Gasteiger partial charge in [0.15, 0.2) is 0 Å². The highest BCUT2D eigenvalue weighted by Crippen LogP contribution is 2.27. The molecule has 20 heavy (non-hydrogen) atoms. The van der Waals surface area contributed by atoms with Crippen LogP contribution in [-0.2, 0) is 0 Å². The van der Waals surface area contributed by atoms with Gasteiger partial charge in [-0.3, -0.25) is 9.80 Å². The first-order chi connectivity index (χ1) is 9.65. The fraction of sp³-hybridized carbons (Fsp3) is 0.647. The van der Waals surface area contributed by atoms with E-state index in [-0.39, 0.29) is 12.1 Å². The van der Waals surface area contributed by atoms with E-state index in [9.17, 15) is 5.11 Å². The van der Waals surface area contributed by atoms with Crippen LogP contribution in [0.1, 0.15) is 37.0 Å². The van der Waals surface area contributed by atoms with Crippen molar-refractivity contribution in [1.82, 2.24) is 9.80 Å². The summed E-state index contributed by atoms with van der Waals surface area (Å²) in [5.74, 6) is 0. The number of benzene rings is 1. The maximum Gasteiger partial charge on any atom is 0.0942 e. The van der Waals surface area contributed by atoms with Crippen LogP contribution in [0.25, 0.3) is 0 Å². The average Bonchev–Trinajstić information content (AvgIpc) is 2.94. The minimum atomic E-state index is -0.386. The van der Waals surface area contributed by atoms with E-state index >= 15 is 0 Å². The molecule has 3 atom stereocenters. The zero-order valence-electron chi connectivity index (χ0n) is 12.6. The first kappa shape index (κ1) is 14.1. The second-order valence-electron chi connectivity index (χ2n) is 6.42. The summed E-state index contributed by atoms with van der Waals surface area (Å²) in [6.07, 6.45) is 2.28. The van der Waals surface area contributed by atoms with E-state index in [4.69, 9.17) is 0 Å². The molecule has 2 fully saturated rings. The van der Waals surface area contributed by atoms with Crippen molar-refractivity contribution in [2.75, 3.05) is 26.2 Å². The van der Waals surface area contributed by atoms with E-state index in [0.29, 0.717) is 0 Å². The number of rotatable bonds is 3. The molecule has 0 amide bonds. The van der Waals surface area contributed by atoms with E-state index in [1.54, 1.807) is 0 Å². The molecular weight excluding hydrogens is 248 g/mol. The van der Waals surface area contributed by atoms with Crippen molar-refractivity contribution < 1.29 is 5.11 Å². The van der Waals surface area contributed by atoms with Crippen LogP contribution in [0.5, 0.6) is 0 Å². The number of hydrogen-bond acceptors (Lipinski definition) is 3. The normalized spacial score (nSPS) is 27.2. The van der Waals surface area contributed by atoms with E-state index in [1.165, 1.54) is 24.9 Å². The number of aliphatic hydroxyl groups is 1. The molecule has 3 rings (SSSR count). The summed E-state index contributed by atoms with van der Waals surface area (Å²) in [5, 5.41) is 10.6. The molecule has 1 aromatic rings. The first-order valence-electron chi connectivity index (χ1n) is 7.88. The van der Waals surface area contributed by atoms with E-state index in [0.717, 1.165) is 31.2 Å². The van der Waals surface area contributed by atoms with E-state index in [2.05, 4.69) is 47.9 Å². The Kier molecular flexibility index (Phi) is 4.11. The average molecular weight is 274 g/mol. The van der Waals surface area contributed by atoms with Crippen LogP contribution in [0, 0.1) is 6.92 Å². The van der Waals surface area contributed by atoms with Crippen LogP contribution < -0.4 is 0 Å². The van der Waals surface area contributed by atoms with Crippen LogP contribution in [0.2, 0.25) is 0 Å². The number of nitrogens with zero attached hydrogens (tertiary/aromatic N) is 2. The summed E-state index contributed by atoms with van der Waals surface area (Å²) < 4.78 is 0. The molecule has 0 bridgehead atoms. The summed E-state index contributed by atoms with van der Waals surface area (Å²) in [6, 6.07) is 9.20. The molecular formula is C17H26N2O. The van der Waals surface area contributed by atoms with Crippen molar-refractivity contribution in [3.8, 4) is 0 Å². The second-order valence-corrected chi connectivity index (χ2v) is 6.42. The molecule has 0 aromatic heterocycles. The molecule has 0 radical (unpaired) electrons. The Morgan fingerprint density at radius 3 is 2.65 bits per heavy atom. The summed E-state index contributed by atoms with van der Waals surface area (Å²) in [6.45, 7) is 8.88. The lowest BCUT2D eigenvalue weighted by atomic mass is 9.99. The van der Waals surface area contributed by atoms with Gasteiger partial charge in [0.2, 0.25) is 0 Å². The van der Waals surface area contributed by atoms with Crippen LogP contribution in [-0.4, -0.2) is 53.2 Å². The van der Waals surface area contributed by atoms with E-state index < -0.39 is 0 Å². The standard InChI is InChI=1S/C17H26N2O/c1-13-5-7-15(8-6-13)17(20)14(2)19-11-10-18-9-3-4-16(18)12-19/h5-8,14,16-17,20H,3-4,9-12H2,1-2H3. The molecule has 0 saturated carbocycles. The van der Waals surface area contributed by atoms with Gasteiger partial charge in [0, 0.05) is 31.7 Å². The Morgan fingerprint density at radius 2 is 1.90 bits per heavy atom. The van der Waals surface area contributed by atoms with Crippen molar-refractivity contribution in [3.63, 3.8) is 0 Å². The van der Waals surface area contributed by atoms with Crippen molar-refractivity contribution in [2.45, 2.75) is 44.9 Å². The number of aliphatic hydroxyl groups excluding tert-OH is 1. The number of hydrogen-bond donors (Lipinski definition) is 1.